The molecule has 0 aromatic rings. The highest BCUT2D eigenvalue weighted by molar-refractivity contribution is 5.87. The van der Waals surface area contributed by atoms with Gasteiger partial charge in [-0.1, -0.05) is 30.7 Å². The number of aliphatic hydroxyl groups is 2. The number of esters is 1. The second-order valence-electron chi connectivity index (χ2n) is 11.2. The average molecular weight is 506 g/mol. The number of hydrogen-bond acceptors (Lipinski definition) is 7. The Balaban J connectivity index is 1.49. The van der Waals surface area contributed by atoms with Gasteiger partial charge >= 0.3 is 5.97 Å². The number of carbonyl (C=O) groups is 2. The molecule has 3 N–H and O–H groups in total. The third-order valence-corrected chi connectivity index (χ3v) is 7.54. The lowest BCUT2D eigenvalue weighted by Crippen LogP contribution is -2.51. The molecular weight excluding hydrogens is 462 g/mol. The Kier molecular flexibility index (Phi) is 9.20. The molecule has 0 aromatic carbocycles. The Labute approximate surface area is 214 Å². The Hall–Kier alpha value is -2.00. The van der Waals surface area contributed by atoms with Gasteiger partial charge in [-0.2, -0.15) is 0 Å². The van der Waals surface area contributed by atoms with E-state index in [9.17, 15) is 19.8 Å². The van der Waals surface area contributed by atoms with Crippen LogP contribution >= 0.6 is 0 Å². The van der Waals surface area contributed by atoms with Crippen molar-refractivity contribution in [3.05, 3.63) is 36.0 Å². The highest BCUT2D eigenvalue weighted by Crippen LogP contribution is 2.58. The maximum atomic E-state index is 12.3. The maximum Gasteiger partial charge on any atom is 0.303 e. The number of nitrogens with one attached hydrogen (secondary N) is 1. The van der Waals surface area contributed by atoms with Crippen molar-refractivity contribution in [1.29, 1.82) is 0 Å². The van der Waals surface area contributed by atoms with Crippen molar-refractivity contribution >= 4 is 11.9 Å². The smallest absolute Gasteiger partial charge is 0.303 e. The van der Waals surface area contributed by atoms with Gasteiger partial charge in [0.1, 0.15) is 12.2 Å². The molecule has 1 amide bonds. The molecule has 1 spiro atoms. The number of allylic oxidation sites excluding steroid dienone is 2. The van der Waals surface area contributed by atoms with E-state index >= 15 is 0 Å². The molecule has 3 fully saturated rings. The zero-order valence-electron chi connectivity index (χ0n) is 22.4. The second-order valence-corrected chi connectivity index (χ2v) is 11.2. The first-order valence-corrected chi connectivity index (χ1v) is 13.0. The van der Waals surface area contributed by atoms with Crippen molar-refractivity contribution in [2.75, 3.05) is 0 Å². The van der Waals surface area contributed by atoms with Crippen LogP contribution in [0, 0.1) is 11.3 Å². The Morgan fingerprint density at radius 2 is 1.92 bits per heavy atom. The minimum atomic E-state index is -1.22. The predicted molar refractivity (Wildman–Crippen MR) is 136 cm³/mol. The number of hydrogen-bond donors (Lipinski definition) is 3. The summed E-state index contributed by atoms with van der Waals surface area (Å²) in [6.45, 7) is 10.8. The fraction of sp³-hybridized carbons (Fsp3) is 0.714. The van der Waals surface area contributed by atoms with E-state index in [0.717, 1.165) is 31.3 Å². The third kappa shape index (κ3) is 7.75. The average Bonchev–Trinajstić information content (AvgIpc) is 3.54. The summed E-state index contributed by atoms with van der Waals surface area (Å²) in [5, 5.41) is 24.1. The van der Waals surface area contributed by atoms with Gasteiger partial charge in [-0.25, -0.2) is 0 Å². The van der Waals surface area contributed by atoms with Gasteiger partial charge in [0.15, 0.2) is 5.79 Å². The lowest BCUT2D eigenvalue weighted by Gasteiger charge is -2.42. The highest BCUT2D eigenvalue weighted by Gasteiger charge is 2.58. The largest absolute Gasteiger partial charge is 0.459 e. The molecule has 1 aliphatic carbocycles. The van der Waals surface area contributed by atoms with E-state index < -0.39 is 24.1 Å². The van der Waals surface area contributed by atoms with Crippen LogP contribution in [0.3, 0.4) is 0 Å². The summed E-state index contributed by atoms with van der Waals surface area (Å²) in [4.78, 5) is 23.3. The first-order valence-electron chi connectivity index (χ1n) is 13.0. The van der Waals surface area contributed by atoms with Gasteiger partial charge in [-0.05, 0) is 65.4 Å². The van der Waals surface area contributed by atoms with E-state index in [-0.39, 0.29) is 41.5 Å². The topological polar surface area (TPSA) is 114 Å². The molecule has 1 saturated carbocycles. The predicted octanol–water partition coefficient (Wildman–Crippen LogP) is 3.32. The molecule has 202 valence electrons. The van der Waals surface area contributed by atoms with Crippen molar-refractivity contribution in [2.45, 2.75) is 116 Å². The fourth-order valence-electron chi connectivity index (χ4n) is 5.37. The van der Waals surface area contributed by atoms with E-state index in [1.165, 1.54) is 13.0 Å². The van der Waals surface area contributed by atoms with Crippen LogP contribution in [-0.2, 0) is 23.8 Å². The van der Waals surface area contributed by atoms with Gasteiger partial charge in [0.05, 0.1) is 24.4 Å². The van der Waals surface area contributed by atoms with Gasteiger partial charge in [0, 0.05) is 24.8 Å². The maximum absolute atomic E-state index is 12.3. The minimum absolute atomic E-state index is 0.0306. The van der Waals surface area contributed by atoms with Crippen molar-refractivity contribution < 1.29 is 34.0 Å². The molecule has 3 aliphatic rings. The molecular formula is C28H43NO7. The molecule has 2 aliphatic heterocycles. The van der Waals surface area contributed by atoms with Crippen molar-refractivity contribution in [3.8, 4) is 0 Å². The van der Waals surface area contributed by atoms with Gasteiger partial charge in [-0.3, -0.25) is 9.59 Å². The van der Waals surface area contributed by atoms with Crippen molar-refractivity contribution in [1.82, 2.24) is 5.32 Å². The van der Waals surface area contributed by atoms with Crippen LogP contribution in [0.5, 0.6) is 0 Å². The quantitative estimate of drug-likeness (QED) is 0.263. The van der Waals surface area contributed by atoms with Gasteiger partial charge < -0.3 is 29.7 Å². The molecule has 2 heterocycles. The van der Waals surface area contributed by atoms with E-state index in [0.29, 0.717) is 6.42 Å². The third-order valence-electron chi connectivity index (χ3n) is 7.54. The molecule has 3 rings (SSSR count). The molecule has 0 aromatic heterocycles. The fourth-order valence-corrected chi connectivity index (χ4v) is 5.37. The number of amides is 1. The molecule has 8 heteroatoms. The second kappa shape index (κ2) is 11.6. The molecule has 0 unspecified atom stereocenters. The SMILES string of the molecule is CC(=O)O[C@@H](C)/C=C\C(=O)N[C@@H]1C[C@H](C)[C@H](C/C=C(C)/C=C/[C@H]2O[C@](C)(O)CC3(CC3)[C@@H]2O)O[C@@H]1C. The Bertz CT molecular complexity index is 888. The van der Waals surface area contributed by atoms with Gasteiger partial charge in [-0.15, -0.1) is 0 Å². The van der Waals surface area contributed by atoms with Crippen LogP contribution in [-0.4, -0.2) is 64.4 Å². The molecule has 36 heavy (non-hydrogen) atoms. The van der Waals surface area contributed by atoms with Crippen LogP contribution < -0.4 is 5.32 Å². The first kappa shape index (κ1) is 28.6. The summed E-state index contributed by atoms with van der Waals surface area (Å²) in [5.41, 5.74) is 0.824. The minimum Gasteiger partial charge on any atom is -0.459 e. The number of aliphatic hydroxyl groups excluding tert-OH is 1. The molecule has 0 bridgehead atoms. The Morgan fingerprint density at radius 3 is 2.56 bits per heavy atom. The van der Waals surface area contributed by atoms with E-state index in [2.05, 4.69) is 18.3 Å². The summed E-state index contributed by atoms with van der Waals surface area (Å²) in [6.07, 6.45) is 11.0. The van der Waals surface area contributed by atoms with Gasteiger partial charge in [0.25, 0.3) is 0 Å². The lowest BCUT2D eigenvalue weighted by molar-refractivity contribution is -0.275. The number of carbonyl (C=O) groups excluding carboxylic acids is 2. The molecule has 8 nitrogen and oxygen atoms in total. The van der Waals surface area contributed by atoms with Crippen LogP contribution in [0.1, 0.15) is 73.6 Å². The Morgan fingerprint density at radius 1 is 1.22 bits per heavy atom. The normalized spacial score (nSPS) is 37.3. The zero-order valence-corrected chi connectivity index (χ0v) is 22.4. The standard InChI is InChI=1S/C28H43NO7/c1-17(8-11-24-26(32)28(13-14-28)16-27(6,33)36-24)7-10-23-18(2)15-22(20(4)35-23)29-25(31)12-9-19(3)34-21(5)30/h7-9,11-12,18-20,22-24,26,32-33H,10,13-16H2,1-6H3,(H,29,31)/b11-8+,12-9-,17-7+/t18-,19-,20+,22+,23-,24+,26+,27-/m0/s1. The monoisotopic (exact) mass is 505 g/mol. The first-order chi connectivity index (χ1) is 16.8. The van der Waals surface area contributed by atoms with Crippen molar-refractivity contribution in [3.63, 3.8) is 0 Å². The number of rotatable bonds is 8. The number of ether oxygens (including phenoxy) is 3. The summed E-state index contributed by atoms with van der Waals surface area (Å²) in [6, 6.07) is -0.102. The molecule has 2 saturated heterocycles. The molecule has 0 radical (unpaired) electrons. The summed E-state index contributed by atoms with van der Waals surface area (Å²) in [5.74, 6) is -1.59. The molecule has 8 atom stereocenters. The zero-order chi connectivity index (χ0) is 26.7. The van der Waals surface area contributed by atoms with Crippen LogP contribution in [0.15, 0.2) is 36.0 Å². The highest BCUT2D eigenvalue weighted by atomic mass is 16.6. The summed E-state index contributed by atoms with van der Waals surface area (Å²) < 4.78 is 17.0. The van der Waals surface area contributed by atoms with Crippen LogP contribution in [0.4, 0.5) is 0 Å². The summed E-state index contributed by atoms with van der Waals surface area (Å²) >= 11 is 0. The lowest BCUT2D eigenvalue weighted by atomic mass is 9.84. The van der Waals surface area contributed by atoms with Crippen LogP contribution in [0.25, 0.3) is 0 Å². The van der Waals surface area contributed by atoms with Crippen molar-refractivity contribution in [2.24, 2.45) is 11.3 Å². The van der Waals surface area contributed by atoms with Crippen LogP contribution in [0.2, 0.25) is 0 Å². The van der Waals surface area contributed by atoms with Gasteiger partial charge in [0.2, 0.25) is 5.91 Å². The van der Waals surface area contributed by atoms with E-state index in [1.54, 1.807) is 19.9 Å². The summed E-state index contributed by atoms with van der Waals surface area (Å²) in [7, 11) is 0. The van der Waals surface area contributed by atoms with E-state index in [4.69, 9.17) is 14.2 Å². The van der Waals surface area contributed by atoms with E-state index in [1.807, 2.05) is 26.0 Å².